The van der Waals surface area contributed by atoms with Crippen molar-refractivity contribution < 1.29 is 17.9 Å². The molecule has 3 nitrogen and oxygen atoms in total. The van der Waals surface area contributed by atoms with Gasteiger partial charge in [-0.15, -0.1) is 0 Å². The second-order valence-electron chi connectivity index (χ2n) is 8.71. The van der Waals surface area contributed by atoms with Gasteiger partial charge in [0.2, 0.25) is 0 Å². The van der Waals surface area contributed by atoms with Crippen molar-refractivity contribution in [2.24, 2.45) is 17.8 Å². The molecule has 6 heteroatoms. The summed E-state index contributed by atoms with van der Waals surface area (Å²) in [5.41, 5.74) is 0.201. The van der Waals surface area contributed by atoms with E-state index in [9.17, 15) is 13.2 Å². The monoisotopic (exact) mass is 396 g/mol. The van der Waals surface area contributed by atoms with Gasteiger partial charge in [0.25, 0.3) is 0 Å². The van der Waals surface area contributed by atoms with E-state index >= 15 is 0 Å². The highest BCUT2D eigenvalue weighted by Crippen LogP contribution is 2.52. The highest BCUT2D eigenvalue weighted by molar-refractivity contribution is 5.26. The molecule has 3 atom stereocenters. The summed E-state index contributed by atoms with van der Waals surface area (Å²) in [7, 11) is 0. The normalized spacial score (nSPS) is 28.5. The Hall–Kier alpha value is -1.11. The summed E-state index contributed by atoms with van der Waals surface area (Å²) in [5.74, 6) is 2.01. The molecule has 0 bridgehead atoms. The van der Waals surface area contributed by atoms with Crippen LogP contribution in [0.2, 0.25) is 0 Å². The smallest absolute Gasteiger partial charge is 0.381 e. The number of halogens is 3. The fraction of sp³-hybridized carbons (Fsp3) is 0.727. The maximum absolute atomic E-state index is 12.9. The Labute approximate surface area is 165 Å². The molecule has 0 aromatic heterocycles. The van der Waals surface area contributed by atoms with Gasteiger partial charge >= 0.3 is 6.18 Å². The molecule has 1 aliphatic carbocycles. The zero-order valence-corrected chi connectivity index (χ0v) is 16.5. The molecule has 28 heavy (non-hydrogen) atoms. The lowest BCUT2D eigenvalue weighted by molar-refractivity contribution is -0.137. The molecular weight excluding hydrogens is 365 g/mol. The van der Waals surface area contributed by atoms with Crippen LogP contribution in [0, 0.1) is 17.8 Å². The Kier molecular flexibility index (Phi) is 6.28. The first-order chi connectivity index (χ1) is 13.5. The Morgan fingerprint density at radius 1 is 1.00 bits per heavy atom. The number of fused-ring (bicyclic) bond motifs is 1. The van der Waals surface area contributed by atoms with Gasteiger partial charge in [-0.1, -0.05) is 24.6 Å². The largest absolute Gasteiger partial charge is 0.416 e. The number of hydrogen-bond acceptors (Lipinski definition) is 3. The number of likely N-dealkylation sites (tertiary alicyclic amines) is 2. The van der Waals surface area contributed by atoms with Crippen LogP contribution in [0.1, 0.15) is 36.8 Å². The Morgan fingerprint density at radius 2 is 1.75 bits per heavy atom. The SMILES string of the molecule is FC(F)(F)c1cccc(CN2C[C@@H]3C(COCCCN4CCCCC4)[C@@H]3C2)c1. The summed E-state index contributed by atoms with van der Waals surface area (Å²) < 4.78 is 44.5. The molecule has 1 aromatic carbocycles. The second-order valence-corrected chi connectivity index (χ2v) is 8.71. The number of benzene rings is 1. The summed E-state index contributed by atoms with van der Waals surface area (Å²) in [5, 5.41) is 0. The summed E-state index contributed by atoms with van der Waals surface area (Å²) in [6, 6.07) is 5.73. The minimum Gasteiger partial charge on any atom is -0.381 e. The van der Waals surface area contributed by atoms with Gasteiger partial charge in [-0.2, -0.15) is 13.2 Å². The third kappa shape index (κ3) is 5.08. The van der Waals surface area contributed by atoms with Crippen LogP contribution in [0.25, 0.3) is 0 Å². The number of nitrogens with zero attached hydrogens (tertiary/aromatic N) is 2. The maximum Gasteiger partial charge on any atom is 0.416 e. The van der Waals surface area contributed by atoms with Crippen LogP contribution in [-0.2, 0) is 17.5 Å². The van der Waals surface area contributed by atoms with Crippen LogP contribution in [0.15, 0.2) is 24.3 Å². The van der Waals surface area contributed by atoms with E-state index in [-0.39, 0.29) is 0 Å². The van der Waals surface area contributed by atoms with Crippen molar-refractivity contribution in [1.29, 1.82) is 0 Å². The zero-order valence-electron chi connectivity index (χ0n) is 16.5. The van der Waals surface area contributed by atoms with E-state index in [1.54, 1.807) is 6.07 Å². The molecule has 2 aliphatic heterocycles. The van der Waals surface area contributed by atoms with Crippen LogP contribution in [0.5, 0.6) is 0 Å². The Bertz CT molecular complexity index is 633. The van der Waals surface area contributed by atoms with Gasteiger partial charge in [0, 0.05) is 32.8 Å². The number of rotatable bonds is 8. The Balaban J connectivity index is 1.11. The number of piperidine rings is 2. The van der Waals surface area contributed by atoms with Crippen LogP contribution in [-0.4, -0.2) is 55.7 Å². The van der Waals surface area contributed by atoms with E-state index in [0.717, 1.165) is 50.9 Å². The van der Waals surface area contributed by atoms with Crippen molar-refractivity contribution in [3.63, 3.8) is 0 Å². The number of hydrogen-bond donors (Lipinski definition) is 0. The molecule has 1 aromatic rings. The van der Waals surface area contributed by atoms with Crippen molar-refractivity contribution in [2.75, 3.05) is 45.9 Å². The van der Waals surface area contributed by atoms with Crippen molar-refractivity contribution in [3.05, 3.63) is 35.4 Å². The van der Waals surface area contributed by atoms with Gasteiger partial charge < -0.3 is 9.64 Å². The van der Waals surface area contributed by atoms with Gasteiger partial charge in [0.05, 0.1) is 12.2 Å². The van der Waals surface area contributed by atoms with E-state index in [1.807, 2.05) is 0 Å². The van der Waals surface area contributed by atoms with Gasteiger partial charge in [-0.25, -0.2) is 0 Å². The van der Waals surface area contributed by atoms with E-state index in [2.05, 4.69) is 9.80 Å². The maximum atomic E-state index is 12.9. The number of ether oxygens (including phenoxy) is 1. The van der Waals surface area contributed by atoms with E-state index in [1.165, 1.54) is 44.5 Å². The first-order valence-corrected chi connectivity index (χ1v) is 10.7. The minimum absolute atomic E-state index is 0.551. The number of alkyl halides is 3. The Morgan fingerprint density at radius 3 is 2.46 bits per heavy atom. The molecule has 3 aliphatic rings. The quantitative estimate of drug-likeness (QED) is 0.610. The van der Waals surface area contributed by atoms with Crippen LogP contribution >= 0.6 is 0 Å². The summed E-state index contributed by atoms with van der Waals surface area (Å²) in [4.78, 5) is 4.84. The molecule has 0 spiro atoms. The van der Waals surface area contributed by atoms with E-state index in [0.29, 0.717) is 24.3 Å². The molecule has 4 rings (SSSR count). The topological polar surface area (TPSA) is 15.7 Å². The van der Waals surface area contributed by atoms with Crippen molar-refractivity contribution >= 4 is 0 Å². The third-order valence-electron chi connectivity index (χ3n) is 6.63. The van der Waals surface area contributed by atoms with Crippen molar-refractivity contribution in [2.45, 2.75) is 38.4 Å². The lowest BCUT2D eigenvalue weighted by Gasteiger charge is -2.26. The fourth-order valence-corrected chi connectivity index (χ4v) is 5.01. The summed E-state index contributed by atoms with van der Waals surface area (Å²) in [6.45, 7) is 7.93. The molecular formula is C22H31F3N2O. The average Bonchev–Trinajstić information content (AvgIpc) is 3.13. The van der Waals surface area contributed by atoms with Crippen LogP contribution in [0.3, 0.4) is 0 Å². The van der Waals surface area contributed by atoms with Crippen LogP contribution in [0.4, 0.5) is 13.2 Å². The molecule has 156 valence electrons. The van der Waals surface area contributed by atoms with Crippen molar-refractivity contribution in [3.8, 4) is 0 Å². The van der Waals surface area contributed by atoms with E-state index < -0.39 is 11.7 Å². The van der Waals surface area contributed by atoms with E-state index in [4.69, 9.17) is 4.74 Å². The summed E-state index contributed by atoms with van der Waals surface area (Å²) in [6.07, 6.45) is 0.901. The van der Waals surface area contributed by atoms with Crippen LogP contribution < -0.4 is 0 Å². The fourth-order valence-electron chi connectivity index (χ4n) is 5.01. The van der Waals surface area contributed by atoms with Gasteiger partial charge in [0.15, 0.2) is 0 Å². The molecule has 0 N–H and O–H groups in total. The summed E-state index contributed by atoms with van der Waals surface area (Å²) >= 11 is 0. The average molecular weight is 396 g/mol. The van der Waals surface area contributed by atoms with Gasteiger partial charge in [-0.05, 0) is 61.7 Å². The molecule has 2 heterocycles. The molecule has 0 radical (unpaired) electrons. The first kappa shape index (κ1) is 20.2. The predicted molar refractivity (Wildman–Crippen MR) is 103 cm³/mol. The highest BCUT2D eigenvalue weighted by Gasteiger charge is 2.55. The molecule has 0 amide bonds. The van der Waals surface area contributed by atoms with Crippen molar-refractivity contribution in [1.82, 2.24) is 9.80 Å². The first-order valence-electron chi connectivity index (χ1n) is 10.7. The lowest BCUT2D eigenvalue weighted by atomic mass is 10.1. The molecule has 2 saturated heterocycles. The molecule has 1 unspecified atom stereocenters. The zero-order chi connectivity index (χ0) is 19.6. The van der Waals surface area contributed by atoms with Gasteiger partial charge in [-0.3, -0.25) is 4.90 Å². The highest BCUT2D eigenvalue weighted by atomic mass is 19.4. The third-order valence-corrected chi connectivity index (χ3v) is 6.63. The second kappa shape index (κ2) is 8.72. The minimum atomic E-state index is -4.26. The lowest BCUT2D eigenvalue weighted by Crippen LogP contribution is -2.31. The van der Waals surface area contributed by atoms with Gasteiger partial charge in [0.1, 0.15) is 0 Å². The molecule has 1 saturated carbocycles. The molecule has 3 fully saturated rings. The standard InChI is InChI=1S/C22H31F3N2O/c23-22(24,25)18-7-4-6-17(12-18)13-27-14-19-20(15-27)21(19)16-28-11-5-10-26-8-2-1-3-9-26/h4,6-7,12,19-21H,1-3,5,8-11,13-16H2/t19-,20+,21?. The predicted octanol–water partition coefficient (Wildman–Crippen LogP) is 4.28.